The first kappa shape index (κ1) is 22.8. The summed E-state index contributed by atoms with van der Waals surface area (Å²) in [5, 5.41) is 10.4. The van der Waals surface area contributed by atoms with E-state index in [0.717, 1.165) is 26.7 Å². The summed E-state index contributed by atoms with van der Waals surface area (Å²) in [6, 6.07) is 21.0. The first-order valence-corrected chi connectivity index (χ1v) is 11.5. The predicted molar refractivity (Wildman–Crippen MR) is 130 cm³/mol. The van der Waals surface area contributed by atoms with Crippen molar-refractivity contribution in [3.63, 3.8) is 0 Å². The SMILES string of the molecule is O=C1S/C(=C\c2cc(Br)ccc2OCc2ccccc2)C(=O)N1Cc1ccc([N+](=O)[O-])cc1. The zero-order valence-corrected chi connectivity index (χ0v) is 19.5. The summed E-state index contributed by atoms with van der Waals surface area (Å²) < 4.78 is 6.78. The molecule has 0 aliphatic carbocycles. The molecule has 0 bridgehead atoms. The van der Waals surface area contributed by atoms with Crippen LogP contribution in [0.15, 0.2) is 82.2 Å². The highest BCUT2D eigenvalue weighted by Crippen LogP contribution is 2.36. The van der Waals surface area contributed by atoms with Gasteiger partial charge in [0.05, 0.1) is 16.4 Å². The van der Waals surface area contributed by atoms with Crippen molar-refractivity contribution in [1.82, 2.24) is 4.90 Å². The van der Waals surface area contributed by atoms with E-state index >= 15 is 0 Å². The van der Waals surface area contributed by atoms with Gasteiger partial charge < -0.3 is 4.74 Å². The van der Waals surface area contributed by atoms with Crippen LogP contribution >= 0.6 is 27.7 Å². The van der Waals surface area contributed by atoms with Gasteiger partial charge in [-0.15, -0.1) is 0 Å². The van der Waals surface area contributed by atoms with Crippen molar-refractivity contribution in [3.8, 4) is 5.75 Å². The second kappa shape index (κ2) is 10.0. The number of nitro groups is 1. The molecule has 1 aliphatic heterocycles. The molecule has 0 aromatic heterocycles. The maximum Gasteiger partial charge on any atom is 0.293 e. The van der Waals surface area contributed by atoms with Crippen molar-refractivity contribution in [2.75, 3.05) is 0 Å². The molecule has 0 spiro atoms. The van der Waals surface area contributed by atoms with Crippen molar-refractivity contribution in [2.45, 2.75) is 13.2 Å². The molecule has 0 unspecified atom stereocenters. The van der Waals surface area contributed by atoms with Crippen LogP contribution in [0.25, 0.3) is 6.08 Å². The van der Waals surface area contributed by atoms with Gasteiger partial charge in [-0.3, -0.25) is 24.6 Å². The molecule has 7 nitrogen and oxygen atoms in total. The fourth-order valence-corrected chi connectivity index (χ4v) is 4.39. The summed E-state index contributed by atoms with van der Waals surface area (Å²) in [7, 11) is 0. The quantitative estimate of drug-likeness (QED) is 0.208. The predicted octanol–water partition coefficient (Wildman–Crippen LogP) is 6.17. The van der Waals surface area contributed by atoms with Crippen molar-refractivity contribution < 1.29 is 19.2 Å². The third-order valence-electron chi connectivity index (χ3n) is 4.86. The number of hydrogen-bond acceptors (Lipinski definition) is 6. The highest BCUT2D eigenvalue weighted by atomic mass is 79.9. The maximum absolute atomic E-state index is 12.9. The molecule has 0 atom stereocenters. The molecule has 4 rings (SSSR count). The lowest BCUT2D eigenvalue weighted by molar-refractivity contribution is -0.384. The van der Waals surface area contributed by atoms with E-state index in [-0.39, 0.29) is 17.1 Å². The fourth-order valence-electron chi connectivity index (χ4n) is 3.18. The highest BCUT2D eigenvalue weighted by molar-refractivity contribution is 9.10. The number of carbonyl (C=O) groups is 2. The second-order valence-electron chi connectivity index (χ2n) is 7.15. The largest absolute Gasteiger partial charge is 0.488 e. The standard InChI is InChI=1S/C24H17BrN2O5S/c25-19-8-11-21(32-15-17-4-2-1-3-5-17)18(12-19)13-22-23(28)26(24(29)33-22)14-16-6-9-20(10-7-16)27(30)31/h1-13H,14-15H2/b22-13-. The number of halogens is 1. The monoisotopic (exact) mass is 524 g/mol. The first-order chi connectivity index (χ1) is 15.9. The topological polar surface area (TPSA) is 89.8 Å². The van der Waals surface area contributed by atoms with E-state index in [4.69, 9.17) is 4.74 Å². The van der Waals surface area contributed by atoms with Crippen LogP contribution < -0.4 is 4.74 Å². The smallest absolute Gasteiger partial charge is 0.293 e. The third-order valence-corrected chi connectivity index (χ3v) is 6.26. The van der Waals surface area contributed by atoms with Crippen LogP contribution in [0.5, 0.6) is 5.75 Å². The first-order valence-electron chi connectivity index (χ1n) is 9.86. The van der Waals surface area contributed by atoms with Gasteiger partial charge in [-0.05, 0) is 47.2 Å². The van der Waals surface area contributed by atoms with Gasteiger partial charge in [0.15, 0.2) is 0 Å². The van der Waals surface area contributed by atoms with Gasteiger partial charge in [-0.25, -0.2) is 0 Å². The van der Waals surface area contributed by atoms with Crippen LogP contribution in [0.1, 0.15) is 16.7 Å². The minimum absolute atomic E-state index is 0.0375. The Morgan fingerprint density at radius 2 is 1.73 bits per heavy atom. The molecule has 1 heterocycles. The molecule has 1 aliphatic rings. The summed E-state index contributed by atoms with van der Waals surface area (Å²) >= 11 is 4.29. The summed E-state index contributed by atoms with van der Waals surface area (Å²) in [5.74, 6) is 0.168. The molecule has 1 fully saturated rings. The van der Waals surface area contributed by atoms with E-state index in [0.29, 0.717) is 23.5 Å². The molecule has 2 amide bonds. The Morgan fingerprint density at radius 3 is 2.42 bits per heavy atom. The lowest BCUT2D eigenvalue weighted by Gasteiger charge is -2.12. The third kappa shape index (κ3) is 5.50. The number of ether oxygens (including phenoxy) is 1. The van der Waals surface area contributed by atoms with Crippen LogP contribution in [0.3, 0.4) is 0 Å². The van der Waals surface area contributed by atoms with E-state index in [2.05, 4.69) is 15.9 Å². The van der Waals surface area contributed by atoms with Crippen LogP contribution in [-0.2, 0) is 17.9 Å². The molecule has 3 aromatic carbocycles. The highest BCUT2D eigenvalue weighted by Gasteiger charge is 2.35. The number of carbonyl (C=O) groups excluding carboxylic acids is 2. The van der Waals surface area contributed by atoms with Crippen LogP contribution in [-0.4, -0.2) is 21.0 Å². The zero-order valence-electron chi connectivity index (χ0n) is 17.1. The van der Waals surface area contributed by atoms with Crippen molar-refractivity contribution >= 4 is 50.6 Å². The molecular weight excluding hydrogens is 508 g/mol. The average molecular weight is 525 g/mol. The van der Waals surface area contributed by atoms with Crippen LogP contribution in [0.4, 0.5) is 10.5 Å². The van der Waals surface area contributed by atoms with Crippen molar-refractivity contribution in [3.05, 3.63) is 109 Å². The molecule has 166 valence electrons. The number of thioether (sulfide) groups is 1. The Balaban J connectivity index is 1.53. The van der Waals surface area contributed by atoms with E-state index in [9.17, 15) is 19.7 Å². The minimum atomic E-state index is -0.498. The normalized spacial score (nSPS) is 14.7. The molecule has 33 heavy (non-hydrogen) atoms. The van der Waals surface area contributed by atoms with E-state index in [1.54, 1.807) is 12.1 Å². The molecule has 0 saturated carbocycles. The zero-order chi connectivity index (χ0) is 23.4. The Hall–Kier alpha value is -3.43. The van der Waals surface area contributed by atoms with Crippen LogP contribution in [0.2, 0.25) is 0 Å². The number of amides is 2. The number of benzene rings is 3. The molecule has 0 radical (unpaired) electrons. The number of non-ortho nitro benzene ring substituents is 1. The van der Waals surface area contributed by atoms with Gasteiger partial charge in [-0.1, -0.05) is 58.4 Å². The summed E-state index contributed by atoms with van der Waals surface area (Å²) in [6.07, 6.45) is 1.64. The van der Waals surface area contributed by atoms with Gasteiger partial charge in [0.1, 0.15) is 12.4 Å². The van der Waals surface area contributed by atoms with E-state index in [1.165, 1.54) is 24.3 Å². The Morgan fingerprint density at radius 1 is 1.00 bits per heavy atom. The Kier molecular flexibility index (Phi) is 6.90. The van der Waals surface area contributed by atoms with Gasteiger partial charge >= 0.3 is 0 Å². The minimum Gasteiger partial charge on any atom is -0.488 e. The lowest BCUT2D eigenvalue weighted by atomic mass is 10.1. The van der Waals surface area contributed by atoms with Gasteiger partial charge in [-0.2, -0.15) is 0 Å². The molecule has 1 saturated heterocycles. The van der Waals surface area contributed by atoms with E-state index < -0.39 is 16.1 Å². The number of nitro benzene ring substituents is 1. The number of imide groups is 1. The summed E-state index contributed by atoms with van der Waals surface area (Å²) in [6.45, 7) is 0.404. The second-order valence-corrected chi connectivity index (χ2v) is 9.06. The molecule has 9 heteroatoms. The Bertz CT molecular complexity index is 1250. The lowest BCUT2D eigenvalue weighted by Crippen LogP contribution is -2.27. The van der Waals surface area contributed by atoms with Gasteiger partial charge in [0.2, 0.25) is 0 Å². The van der Waals surface area contributed by atoms with Gasteiger partial charge in [0.25, 0.3) is 16.8 Å². The van der Waals surface area contributed by atoms with E-state index in [1.807, 2.05) is 42.5 Å². The molecule has 0 N–H and O–H groups in total. The molecule has 3 aromatic rings. The maximum atomic E-state index is 12.9. The summed E-state index contributed by atoms with van der Waals surface area (Å²) in [4.78, 5) is 37.2. The summed E-state index contributed by atoms with van der Waals surface area (Å²) in [5.41, 5.74) is 2.25. The Labute approximate surface area is 202 Å². The number of nitrogens with zero attached hydrogens (tertiary/aromatic N) is 2. The van der Waals surface area contributed by atoms with Crippen molar-refractivity contribution in [1.29, 1.82) is 0 Å². The average Bonchev–Trinajstić information content (AvgIpc) is 3.07. The number of rotatable bonds is 7. The van der Waals surface area contributed by atoms with Gasteiger partial charge in [0, 0.05) is 22.2 Å². The number of hydrogen-bond donors (Lipinski definition) is 0. The van der Waals surface area contributed by atoms with Crippen molar-refractivity contribution in [2.24, 2.45) is 0 Å². The molecular formula is C24H17BrN2O5S. The van der Waals surface area contributed by atoms with Crippen LogP contribution in [0, 0.1) is 10.1 Å². The fraction of sp³-hybridized carbons (Fsp3) is 0.0833.